The quantitative estimate of drug-likeness (QED) is 0.332. The molecule has 0 N–H and O–H groups in total. The van der Waals surface area contributed by atoms with Gasteiger partial charge in [-0.2, -0.15) is 0 Å². The van der Waals surface area contributed by atoms with Gasteiger partial charge in [0, 0.05) is 24.2 Å². The fraction of sp³-hybridized carbons (Fsp3) is 0. The normalized spacial score (nSPS) is 11.6. The summed E-state index contributed by atoms with van der Waals surface area (Å²) in [6.45, 7) is 7.43. The monoisotopic (exact) mass is 374 g/mol. The van der Waals surface area contributed by atoms with Gasteiger partial charge in [-0.15, -0.1) is 22.7 Å². The highest BCUT2D eigenvalue weighted by molar-refractivity contribution is 7.18. The van der Waals surface area contributed by atoms with Crippen molar-refractivity contribution in [3.05, 3.63) is 72.7 Å². The summed E-state index contributed by atoms with van der Waals surface area (Å²) < 4.78 is 1.09. The van der Waals surface area contributed by atoms with Crippen molar-refractivity contribution in [2.24, 2.45) is 4.99 Å². The van der Waals surface area contributed by atoms with Crippen LogP contribution in [-0.4, -0.2) is 21.7 Å². The van der Waals surface area contributed by atoms with Crippen molar-refractivity contribution in [2.45, 2.75) is 0 Å². The van der Waals surface area contributed by atoms with Crippen molar-refractivity contribution in [3.63, 3.8) is 0 Å². The first-order chi connectivity index (χ1) is 12.8. The van der Waals surface area contributed by atoms with Crippen LogP contribution in [0.5, 0.6) is 0 Å². The Labute approximate surface area is 159 Å². The number of allylic oxidation sites excluding steroid dienone is 2. The summed E-state index contributed by atoms with van der Waals surface area (Å²) in [6.07, 6.45) is 8.95. The van der Waals surface area contributed by atoms with E-state index in [1.807, 2.05) is 30.6 Å². The maximum Gasteiger partial charge on any atom is 0.125 e. The van der Waals surface area contributed by atoms with Crippen LogP contribution in [-0.2, 0) is 0 Å². The molecule has 4 aromatic heterocycles. The molecule has 0 aliphatic heterocycles. The zero-order valence-corrected chi connectivity index (χ0v) is 15.4. The molecule has 0 fully saturated rings. The molecule has 0 atom stereocenters. The number of rotatable bonds is 5. The second-order valence-corrected chi connectivity index (χ2v) is 7.36. The van der Waals surface area contributed by atoms with E-state index in [0.717, 1.165) is 36.9 Å². The van der Waals surface area contributed by atoms with Gasteiger partial charge in [0.15, 0.2) is 0 Å². The Kier molecular flexibility index (Phi) is 4.51. The summed E-state index contributed by atoms with van der Waals surface area (Å²) in [5.41, 5.74) is 3.41. The highest BCUT2D eigenvalue weighted by Crippen LogP contribution is 2.36. The van der Waals surface area contributed by atoms with Crippen molar-refractivity contribution in [1.82, 2.24) is 15.0 Å². The van der Waals surface area contributed by atoms with Crippen LogP contribution in [0.25, 0.3) is 36.9 Å². The topological polar surface area (TPSA) is 51.0 Å². The molecule has 0 aromatic carbocycles. The van der Waals surface area contributed by atoms with Crippen LogP contribution in [0.2, 0.25) is 0 Å². The first-order valence-electron chi connectivity index (χ1n) is 7.85. The van der Waals surface area contributed by atoms with Crippen LogP contribution >= 0.6 is 22.7 Å². The number of pyridine rings is 2. The third-order valence-corrected chi connectivity index (χ3v) is 5.80. The number of hydrogen-bond acceptors (Lipinski definition) is 6. The molecule has 0 aliphatic rings. The number of nitrogens with zero attached hydrogens (tertiary/aromatic N) is 4. The molecular weight excluding hydrogens is 360 g/mol. The Morgan fingerprint density at radius 1 is 1.23 bits per heavy atom. The summed E-state index contributed by atoms with van der Waals surface area (Å²) in [5, 5.41) is 4.11. The lowest BCUT2D eigenvalue weighted by molar-refractivity contribution is 1.29. The van der Waals surface area contributed by atoms with Gasteiger partial charge in [-0.1, -0.05) is 12.7 Å². The van der Waals surface area contributed by atoms with Crippen LogP contribution in [0.4, 0.5) is 0 Å². The van der Waals surface area contributed by atoms with Crippen LogP contribution in [0.15, 0.2) is 72.0 Å². The van der Waals surface area contributed by atoms with Crippen LogP contribution in [0.3, 0.4) is 0 Å². The summed E-state index contributed by atoms with van der Waals surface area (Å²) >= 11 is 3.24. The zero-order valence-electron chi connectivity index (χ0n) is 13.8. The van der Waals surface area contributed by atoms with Crippen LogP contribution in [0, 0.1) is 0 Å². The molecule has 0 unspecified atom stereocenters. The number of aromatic nitrogens is 3. The summed E-state index contributed by atoms with van der Waals surface area (Å²) in [7, 11) is 0. The van der Waals surface area contributed by atoms with Crippen LogP contribution < -0.4 is 0 Å². The summed E-state index contributed by atoms with van der Waals surface area (Å²) in [4.78, 5) is 18.7. The van der Waals surface area contributed by atoms with E-state index in [1.165, 1.54) is 0 Å². The molecule has 0 saturated heterocycles. The molecule has 0 radical (unpaired) electrons. The van der Waals surface area contributed by atoms with Crippen molar-refractivity contribution in [3.8, 4) is 21.1 Å². The predicted molar refractivity (Wildman–Crippen MR) is 112 cm³/mol. The van der Waals surface area contributed by atoms with E-state index < -0.39 is 0 Å². The van der Waals surface area contributed by atoms with Gasteiger partial charge in [-0.3, -0.25) is 9.98 Å². The van der Waals surface area contributed by atoms with E-state index in [1.54, 1.807) is 34.9 Å². The molecule has 0 aliphatic carbocycles. The first kappa shape index (κ1) is 16.5. The summed E-state index contributed by atoms with van der Waals surface area (Å²) in [6, 6.07) is 8.09. The molecule has 0 saturated carbocycles. The van der Waals surface area contributed by atoms with Crippen molar-refractivity contribution < 1.29 is 0 Å². The third-order valence-electron chi connectivity index (χ3n) is 3.79. The molecular formula is C20H14N4S2. The van der Waals surface area contributed by atoms with Gasteiger partial charge in [-0.25, -0.2) is 9.97 Å². The summed E-state index contributed by atoms with van der Waals surface area (Å²) in [5.74, 6) is 0. The van der Waals surface area contributed by atoms with Crippen molar-refractivity contribution >= 4 is 45.2 Å². The predicted octanol–water partition coefficient (Wildman–Crippen LogP) is 5.71. The van der Waals surface area contributed by atoms with Gasteiger partial charge < -0.3 is 0 Å². The molecule has 4 aromatic rings. The Balaban J connectivity index is 1.85. The highest BCUT2D eigenvalue weighted by Gasteiger charge is 2.14. The molecule has 6 heteroatoms. The van der Waals surface area contributed by atoms with E-state index in [0.29, 0.717) is 5.70 Å². The second kappa shape index (κ2) is 7.11. The average molecular weight is 374 g/mol. The molecule has 4 rings (SSSR count). The maximum atomic E-state index is 4.86. The molecule has 0 spiro atoms. The smallest absolute Gasteiger partial charge is 0.125 e. The minimum Gasteiger partial charge on any atom is -0.264 e. The van der Waals surface area contributed by atoms with Gasteiger partial charge in [0.05, 0.1) is 21.0 Å². The van der Waals surface area contributed by atoms with Gasteiger partial charge in [0.25, 0.3) is 0 Å². The number of hydrogen-bond donors (Lipinski definition) is 0. The molecule has 0 bridgehead atoms. The van der Waals surface area contributed by atoms with Crippen molar-refractivity contribution in [1.29, 1.82) is 0 Å². The Bertz CT molecular complexity index is 1120. The molecule has 4 heterocycles. The van der Waals surface area contributed by atoms with E-state index in [9.17, 15) is 0 Å². The standard InChI is InChI=1S/C20H14N4S2/c1-3-5-15(21-2)18-19-13(7-9-25-19)10-16(24-18)17-12-23-20(26-17)14-6-4-8-22-11-14/h3-12H,1-2H2/b15-5-. The lowest BCUT2D eigenvalue weighted by atomic mass is 10.2. The molecule has 26 heavy (non-hydrogen) atoms. The minimum atomic E-state index is 0.714. The molecule has 0 amide bonds. The largest absolute Gasteiger partial charge is 0.264 e. The lowest BCUT2D eigenvalue weighted by Crippen LogP contribution is -1.90. The van der Waals surface area contributed by atoms with Crippen LogP contribution in [0.1, 0.15) is 5.69 Å². The number of fused-ring (bicyclic) bond motifs is 1. The van der Waals surface area contributed by atoms with E-state index in [-0.39, 0.29) is 0 Å². The minimum absolute atomic E-state index is 0.714. The SMILES string of the molecule is C=C/C=C(\N=C)c1nc(-c2cnc(-c3cccnc3)s2)cc2ccsc12. The molecule has 126 valence electrons. The Hall–Kier alpha value is -2.96. The van der Waals surface area contributed by atoms with E-state index >= 15 is 0 Å². The third kappa shape index (κ3) is 3.00. The maximum absolute atomic E-state index is 4.86. The lowest BCUT2D eigenvalue weighted by Gasteiger charge is -2.05. The van der Waals surface area contributed by atoms with E-state index in [2.05, 4.69) is 45.8 Å². The molecule has 4 nitrogen and oxygen atoms in total. The van der Waals surface area contributed by atoms with Gasteiger partial charge in [0.1, 0.15) is 10.7 Å². The number of thiophene rings is 1. The number of thiazole rings is 1. The Morgan fingerprint density at radius 2 is 2.15 bits per heavy atom. The number of aliphatic imine (C=N–C) groups is 1. The highest BCUT2D eigenvalue weighted by atomic mass is 32.1. The fourth-order valence-electron chi connectivity index (χ4n) is 2.61. The Morgan fingerprint density at radius 3 is 2.92 bits per heavy atom. The van der Waals surface area contributed by atoms with Crippen molar-refractivity contribution in [2.75, 3.05) is 0 Å². The van der Waals surface area contributed by atoms with E-state index in [4.69, 9.17) is 4.98 Å². The zero-order chi connectivity index (χ0) is 17.9. The van der Waals surface area contributed by atoms with Gasteiger partial charge in [-0.05, 0) is 47.8 Å². The second-order valence-electron chi connectivity index (χ2n) is 5.41. The first-order valence-corrected chi connectivity index (χ1v) is 9.54. The van der Waals surface area contributed by atoms with Gasteiger partial charge in [0.2, 0.25) is 0 Å². The fourth-order valence-corrected chi connectivity index (χ4v) is 4.35. The average Bonchev–Trinajstić information content (AvgIpc) is 3.35. The van der Waals surface area contributed by atoms with Gasteiger partial charge >= 0.3 is 0 Å².